The van der Waals surface area contributed by atoms with Gasteiger partial charge >= 0.3 is 12.1 Å². The van der Waals surface area contributed by atoms with E-state index in [9.17, 15) is 9.59 Å². The van der Waals surface area contributed by atoms with Crippen molar-refractivity contribution in [3.63, 3.8) is 0 Å². The van der Waals surface area contributed by atoms with Gasteiger partial charge in [-0.05, 0) is 53.4 Å². The molecule has 176 valence electrons. The zero-order valence-corrected chi connectivity index (χ0v) is 19.4. The predicted octanol–water partition coefficient (Wildman–Crippen LogP) is 3.13. The van der Waals surface area contributed by atoms with Crippen LogP contribution in [-0.2, 0) is 28.5 Å². The number of nitrogens with one attached hydrogen (secondary N) is 1. The van der Waals surface area contributed by atoms with Gasteiger partial charge in [-0.3, -0.25) is 4.79 Å². The summed E-state index contributed by atoms with van der Waals surface area (Å²) in [7, 11) is 1.66. The summed E-state index contributed by atoms with van der Waals surface area (Å²) in [4.78, 5) is 23.7. The molecule has 3 rings (SSSR count). The molecule has 1 aliphatic carbocycles. The molecule has 2 heterocycles. The lowest BCUT2D eigenvalue weighted by atomic mass is 9.68. The summed E-state index contributed by atoms with van der Waals surface area (Å²) < 4.78 is 28.6. The number of alkyl carbamates (subject to hydrolysis) is 1. The predicted molar refractivity (Wildman–Crippen MR) is 114 cm³/mol. The molecule has 1 amide bonds. The Morgan fingerprint density at radius 3 is 2.65 bits per heavy atom. The molecule has 0 aromatic heterocycles. The van der Waals surface area contributed by atoms with Crippen molar-refractivity contribution in [2.24, 2.45) is 5.92 Å². The van der Waals surface area contributed by atoms with Crippen molar-refractivity contribution >= 4 is 12.1 Å². The fourth-order valence-electron chi connectivity index (χ4n) is 4.91. The van der Waals surface area contributed by atoms with Crippen molar-refractivity contribution in [3.8, 4) is 0 Å². The number of methoxy groups -OCH3 is 1. The van der Waals surface area contributed by atoms with Crippen LogP contribution in [0.15, 0.2) is 11.6 Å². The van der Waals surface area contributed by atoms with Gasteiger partial charge in [0.15, 0.2) is 0 Å². The Bertz CT molecular complexity index is 685. The average Bonchev–Trinajstić information content (AvgIpc) is 3.63. The second kappa shape index (κ2) is 9.88. The topological polar surface area (TPSA) is 98.9 Å². The highest BCUT2D eigenvalue weighted by Crippen LogP contribution is 2.59. The minimum atomic E-state index is -0.495. The Morgan fingerprint density at radius 1 is 1.29 bits per heavy atom. The van der Waals surface area contributed by atoms with Crippen molar-refractivity contribution < 1.29 is 33.3 Å². The molecule has 0 aromatic carbocycles. The number of hydrogen-bond donors (Lipinski definition) is 1. The van der Waals surface area contributed by atoms with Crippen LogP contribution in [0.4, 0.5) is 4.79 Å². The summed E-state index contributed by atoms with van der Waals surface area (Å²) in [6, 6.07) is 0. The van der Waals surface area contributed by atoms with Crippen LogP contribution in [0.5, 0.6) is 0 Å². The Labute approximate surface area is 185 Å². The largest absolute Gasteiger partial charge is 0.466 e. The Hall–Kier alpha value is -1.64. The lowest BCUT2D eigenvalue weighted by molar-refractivity contribution is -0.143. The van der Waals surface area contributed by atoms with Crippen LogP contribution in [-0.4, -0.2) is 68.4 Å². The summed E-state index contributed by atoms with van der Waals surface area (Å²) in [5.41, 5.74) is 0.662. The summed E-state index contributed by atoms with van der Waals surface area (Å²) in [5.74, 6) is -0.266. The molecule has 1 saturated carbocycles. The first-order valence-electron chi connectivity index (χ1n) is 11.3. The molecule has 6 unspecified atom stereocenters. The molecule has 1 N–H and O–H groups in total. The molecule has 8 heteroatoms. The minimum Gasteiger partial charge on any atom is -0.466 e. The second-order valence-electron chi connectivity index (χ2n) is 9.16. The van der Waals surface area contributed by atoms with Crippen molar-refractivity contribution in [2.45, 2.75) is 89.3 Å². The van der Waals surface area contributed by atoms with Crippen LogP contribution in [0.25, 0.3) is 0 Å². The van der Waals surface area contributed by atoms with Gasteiger partial charge in [0.1, 0.15) is 23.4 Å². The number of allylic oxidation sites excluding steroid dienone is 1. The number of carbonyl (C=O) groups is 2. The van der Waals surface area contributed by atoms with E-state index in [1.54, 1.807) is 14.0 Å². The first-order valence-corrected chi connectivity index (χ1v) is 11.3. The highest BCUT2D eigenvalue weighted by atomic mass is 16.6. The monoisotopic (exact) mass is 439 g/mol. The first-order chi connectivity index (χ1) is 14.8. The normalized spacial score (nSPS) is 35.9. The van der Waals surface area contributed by atoms with Gasteiger partial charge < -0.3 is 29.0 Å². The SMILES string of the molecule is CCOC(=O)CCCNC(=O)OC1CCC2(CO2)C(C2(C)OC2CC=C(C)C)C1OC. The zero-order chi connectivity index (χ0) is 22.6. The number of rotatable bonds is 10. The molecule has 0 aromatic rings. The van der Waals surface area contributed by atoms with Gasteiger partial charge in [0.25, 0.3) is 0 Å². The van der Waals surface area contributed by atoms with Crippen molar-refractivity contribution in [2.75, 3.05) is 26.9 Å². The van der Waals surface area contributed by atoms with Gasteiger partial charge in [-0.15, -0.1) is 0 Å². The lowest BCUT2D eigenvalue weighted by Gasteiger charge is -2.42. The number of ether oxygens (including phenoxy) is 5. The molecule has 1 spiro atoms. The highest BCUT2D eigenvalue weighted by Gasteiger charge is 2.72. The molecule has 6 atom stereocenters. The number of amides is 1. The maximum Gasteiger partial charge on any atom is 0.407 e. The van der Waals surface area contributed by atoms with Crippen molar-refractivity contribution in [1.82, 2.24) is 5.32 Å². The minimum absolute atomic E-state index is 0.00377. The standard InChI is InChI=1S/C23H37NO7/c1-6-28-18(25)8-7-13-24-21(26)30-16-11-12-23(14-29-23)20(19(16)27-5)22(4)17(31-22)10-9-15(2)3/h9,16-17,19-20H,6-8,10-14H2,1-5H3,(H,24,26). The molecule has 8 nitrogen and oxygen atoms in total. The number of esters is 1. The third kappa shape index (κ3) is 5.59. The van der Waals surface area contributed by atoms with Gasteiger partial charge in [0, 0.05) is 20.1 Å². The molecule has 2 aliphatic heterocycles. The van der Waals surface area contributed by atoms with Crippen LogP contribution >= 0.6 is 0 Å². The van der Waals surface area contributed by atoms with Gasteiger partial charge in [-0.1, -0.05) is 11.6 Å². The van der Waals surface area contributed by atoms with Gasteiger partial charge in [0.2, 0.25) is 0 Å². The van der Waals surface area contributed by atoms with Gasteiger partial charge in [-0.25, -0.2) is 4.79 Å². The summed E-state index contributed by atoms with van der Waals surface area (Å²) >= 11 is 0. The lowest BCUT2D eigenvalue weighted by Crippen LogP contribution is -2.56. The van der Waals surface area contributed by atoms with E-state index in [1.807, 2.05) is 0 Å². The van der Waals surface area contributed by atoms with Crippen molar-refractivity contribution in [3.05, 3.63) is 11.6 Å². The molecule has 3 aliphatic rings. The van der Waals surface area contributed by atoms with E-state index < -0.39 is 6.09 Å². The van der Waals surface area contributed by atoms with E-state index in [-0.39, 0.29) is 47.8 Å². The van der Waals surface area contributed by atoms with E-state index in [1.165, 1.54) is 5.57 Å². The molecule has 0 radical (unpaired) electrons. The van der Waals surface area contributed by atoms with Gasteiger partial charge in [0.05, 0.1) is 25.2 Å². The molecule has 31 heavy (non-hydrogen) atoms. The third-order valence-electron chi connectivity index (χ3n) is 6.63. The Morgan fingerprint density at radius 2 is 2.03 bits per heavy atom. The molecule has 2 saturated heterocycles. The van der Waals surface area contributed by atoms with Crippen LogP contribution in [0.2, 0.25) is 0 Å². The first kappa shape index (κ1) is 24.0. The second-order valence-corrected chi connectivity index (χ2v) is 9.16. The zero-order valence-electron chi connectivity index (χ0n) is 19.4. The highest BCUT2D eigenvalue weighted by molar-refractivity contribution is 5.70. The maximum absolute atomic E-state index is 12.4. The van der Waals surface area contributed by atoms with Crippen LogP contribution in [0, 0.1) is 5.92 Å². The number of epoxide rings is 2. The molecule has 0 bridgehead atoms. The molecule has 3 fully saturated rings. The van der Waals surface area contributed by atoms with E-state index in [2.05, 4.69) is 32.2 Å². The van der Waals surface area contributed by atoms with E-state index in [0.717, 1.165) is 12.8 Å². The summed E-state index contributed by atoms with van der Waals surface area (Å²) in [5, 5.41) is 2.72. The van der Waals surface area contributed by atoms with Gasteiger partial charge in [-0.2, -0.15) is 0 Å². The number of carbonyl (C=O) groups excluding carboxylic acids is 2. The van der Waals surface area contributed by atoms with Crippen molar-refractivity contribution in [1.29, 1.82) is 0 Å². The quantitative estimate of drug-likeness (QED) is 0.242. The van der Waals surface area contributed by atoms with E-state index >= 15 is 0 Å². The fraction of sp³-hybridized carbons (Fsp3) is 0.826. The number of hydrogen-bond acceptors (Lipinski definition) is 7. The molecular formula is C23H37NO7. The summed E-state index contributed by atoms with van der Waals surface area (Å²) in [6.07, 6.45) is 4.25. The Kier molecular flexibility index (Phi) is 7.65. The maximum atomic E-state index is 12.4. The molecular weight excluding hydrogens is 402 g/mol. The smallest absolute Gasteiger partial charge is 0.407 e. The Balaban J connectivity index is 1.56. The van der Waals surface area contributed by atoms with Crippen LogP contribution in [0.3, 0.4) is 0 Å². The van der Waals surface area contributed by atoms with E-state index in [4.69, 9.17) is 23.7 Å². The van der Waals surface area contributed by atoms with Crippen LogP contribution < -0.4 is 5.32 Å². The fourth-order valence-corrected chi connectivity index (χ4v) is 4.91. The third-order valence-corrected chi connectivity index (χ3v) is 6.63. The summed E-state index contributed by atoms with van der Waals surface area (Å²) in [6.45, 7) is 9.46. The van der Waals surface area contributed by atoms with Crippen LogP contribution in [0.1, 0.15) is 59.8 Å². The average molecular weight is 440 g/mol. The van der Waals surface area contributed by atoms with E-state index in [0.29, 0.717) is 32.6 Å².